The average molecular weight is 298 g/mol. The van der Waals surface area contributed by atoms with Crippen LogP contribution < -0.4 is 5.32 Å². The van der Waals surface area contributed by atoms with E-state index in [1.807, 2.05) is 20.8 Å². The first kappa shape index (κ1) is 15.0. The molecule has 1 aromatic rings. The first-order chi connectivity index (χ1) is 9.20. The van der Waals surface area contributed by atoms with E-state index in [0.29, 0.717) is 17.0 Å². The first-order valence-corrected chi connectivity index (χ1v) is 6.91. The van der Waals surface area contributed by atoms with E-state index in [0.717, 1.165) is 0 Å². The van der Waals surface area contributed by atoms with Crippen LogP contribution in [-0.4, -0.2) is 11.8 Å². The van der Waals surface area contributed by atoms with E-state index in [1.54, 1.807) is 0 Å². The van der Waals surface area contributed by atoms with Crippen LogP contribution in [-0.2, 0) is 15.0 Å². The van der Waals surface area contributed by atoms with Crippen molar-refractivity contribution in [3.8, 4) is 0 Å². The van der Waals surface area contributed by atoms with Crippen molar-refractivity contribution in [1.82, 2.24) is 5.32 Å². The number of carbonyl (C=O) groups excluding carboxylic acids is 2. The quantitative estimate of drug-likeness (QED) is 0.809. The van der Waals surface area contributed by atoms with Gasteiger partial charge in [0.05, 0.1) is 5.92 Å². The van der Waals surface area contributed by atoms with Gasteiger partial charge in [-0.05, 0) is 29.5 Å². The third-order valence-corrected chi connectivity index (χ3v) is 3.82. The summed E-state index contributed by atoms with van der Waals surface area (Å²) in [7, 11) is 0. The van der Waals surface area contributed by atoms with Crippen molar-refractivity contribution in [2.45, 2.75) is 44.9 Å². The summed E-state index contributed by atoms with van der Waals surface area (Å²) in [5.74, 6) is -1.88. The lowest BCUT2D eigenvalue weighted by molar-refractivity contribution is -0.134. The molecule has 5 heteroatoms. The van der Waals surface area contributed by atoms with Crippen LogP contribution in [0.15, 0.2) is 12.1 Å². The maximum Gasteiger partial charge on any atom is 0.234 e. The maximum atomic E-state index is 14.3. The third-order valence-electron chi connectivity index (χ3n) is 3.51. The Hall–Kier alpha value is -1.42. The van der Waals surface area contributed by atoms with E-state index in [4.69, 9.17) is 11.6 Å². The van der Waals surface area contributed by atoms with Crippen LogP contribution in [0.4, 0.5) is 4.39 Å². The van der Waals surface area contributed by atoms with Gasteiger partial charge in [-0.2, -0.15) is 0 Å². The number of hydrogen-bond acceptors (Lipinski definition) is 2. The number of imide groups is 1. The molecule has 1 saturated heterocycles. The molecule has 1 N–H and O–H groups in total. The Morgan fingerprint density at radius 3 is 2.50 bits per heavy atom. The largest absolute Gasteiger partial charge is 0.296 e. The Bertz CT molecular complexity index is 578. The van der Waals surface area contributed by atoms with Gasteiger partial charge in [0, 0.05) is 17.0 Å². The fraction of sp³-hybridized carbons (Fsp3) is 0.467. The second-order valence-corrected chi connectivity index (χ2v) is 6.51. The topological polar surface area (TPSA) is 46.2 Å². The van der Waals surface area contributed by atoms with Gasteiger partial charge in [-0.3, -0.25) is 14.9 Å². The summed E-state index contributed by atoms with van der Waals surface area (Å²) in [5, 5.41) is 2.67. The average Bonchev–Trinajstić information content (AvgIpc) is 2.31. The molecule has 0 radical (unpaired) electrons. The molecular weight excluding hydrogens is 281 g/mol. The molecule has 108 valence electrons. The minimum absolute atomic E-state index is 0.217. The van der Waals surface area contributed by atoms with Crippen molar-refractivity contribution < 1.29 is 14.0 Å². The van der Waals surface area contributed by atoms with Crippen molar-refractivity contribution in [2.75, 3.05) is 0 Å². The van der Waals surface area contributed by atoms with Gasteiger partial charge in [0.1, 0.15) is 5.82 Å². The van der Waals surface area contributed by atoms with Crippen LogP contribution in [0.2, 0.25) is 5.02 Å². The molecule has 0 aliphatic carbocycles. The normalized spacial score (nSPS) is 19.9. The monoisotopic (exact) mass is 297 g/mol. The van der Waals surface area contributed by atoms with E-state index in [9.17, 15) is 14.0 Å². The predicted molar refractivity (Wildman–Crippen MR) is 75.2 cm³/mol. The number of carbonyl (C=O) groups is 2. The summed E-state index contributed by atoms with van der Waals surface area (Å²) < 4.78 is 14.3. The molecule has 1 heterocycles. The minimum atomic E-state index is -0.654. The van der Waals surface area contributed by atoms with E-state index in [1.165, 1.54) is 12.1 Å². The molecule has 0 aromatic heterocycles. The molecule has 3 nitrogen and oxygen atoms in total. The smallest absolute Gasteiger partial charge is 0.234 e. The molecule has 1 fully saturated rings. The maximum absolute atomic E-state index is 14.3. The van der Waals surface area contributed by atoms with E-state index in [2.05, 4.69) is 5.32 Å². The summed E-state index contributed by atoms with van der Waals surface area (Å²) in [6.07, 6.45) is 0.529. The summed E-state index contributed by atoms with van der Waals surface area (Å²) in [5.41, 5.74) is 0.682. The summed E-state index contributed by atoms with van der Waals surface area (Å²) in [6, 6.07) is 2.90. The Morgan fingerprint density at radius 1 is 1.30 bits per heavy atom. The molecular formula is C15H17ClFNO2. The lowest BCUT2D eigenvalue weighted by Gasteiger charge is -2.25. The van der Waals surface area contributed by atoms with Gasteiger partial charge in [-0.25, -0.2) is 4.39 Å². The van der Waals surface area contributed by atoms with Gasteiger partial charge < -0.3 is 0 Å². The van der Waals surface area contributed by atoms with Gasteiger partial charge in [-0.1, -0.05) is 32.4 Å². The zero-order valence-electron chi connectivity index (χ0n) is 11.7. The van der Waals surface area contributed by atoms with Crippen LogP contribution in [0.5, 0.6) is 0 Å². The number of rotatable bonds is 1. The number of hydrogen-bond donors (Lipinski definition) is 1. The van der Waals surface area contributed by atoms with Gasteiger partial charge >= 0.3 is 0 Å². The highest BCUT2D eigenvalue weighted by Gasteiger charge is 2.31. The molecule has 0 bridgehead atoms. The first-order valence-electron chi connectivity index (χ1n) is 6.53. The number of benzene rings is 1. The molecule has 1 atom stereocenters. The highest BCUT2D eigenvalue weighted by molar-refractivity contribution is 6.31. The molecule has 20 heavy (non-hydrogen) atoms. The summed E-state index contributed by atoms with van der Waals surface area (Å²) in [6.45, 7) is 5.83. The van der Waals surface area contributed by atoms with Gasteiger partial charge in [0.15, 0.2) is 0 Å². The molecule has 1 unspecified atom stereocenters. The SMILES string of the molecule is CC(C)(C)c1cc(F)c(C2CCC(=O)NC2=O)cc1Cl. The van der Waals surface area contributed by atoms with Gasteiger partial charge in [-0.15, -0.1) is 0 Å². The van der Waals surface area contributed by atoms with Crippen molar-refractivity contribution in [3.63, 3.8) is 0 Å². The highest BCUT2D eigenvalue weighted by atomic mass is 35.5. The second kappa shape index (κ2) is 5.17. The standard InChI is InChI=1S/C15H17ClFNO2/c1-15(2,3)10-7-12(17)9(6-11(10)16)8-4-5-13(19)18-14(8)20/h6-8H,4-5H2,1-3H3,(H,18,19,20). The molecule has 2 amide bonds. The Labute approximate surface area is 122 Å². The summed E-state index contributed by atoms with van der Waals surface area (Å²) in [4.78, 5) is 22.9. The Balaban J connectivity index is 2.42. The molecule has 2 rings (SSSR count). The van der Waals surface area contributed by atoms with Crippen molar-refractivity contribution in [3.05, 3.63) is 34.1 Å². The molecule has 1 aromatic carbocycles. The molecule has 0 spiro atoms. The molecule has 1 aliphatic heterocycles. The zero-order valence-corrected chi connectivity index (χ0v) is 12.5. The number of amides is 2. The highest BCUT2D eigenvalue weighted by Crippen LogP contribution is 2.35. The van der Waals surface area contributed by atoms with E-state index < -0.39 is 17.6 Å². The third kappa shape index (κ3) is 2.85. The predicted octanol–water partition coefficient (Wildman–Crippen LogP) is 3.30. The Kier molecular flexibility index (Phi) is 3.87. The van der Waals surface area contributed by atoms with Gasteiger partial charge in [0.25, 0.3) is 0 Å². The number of halogens is 2. The van der Waals surface area contributed by atoms with Crippen molar-refractivity contribution in [2.24, 2.45) is 0 Å². The number of nitrogens with one attached hydrogen (secondary N) is 1. The fourth-order valence-corrected chi connectivity index (χ4v) is 2.85. The Morgan fingerprint density at radius 2 is 1.95 bits per heavy atom. The van der Waals surface area contributed by atoms with Crippen LogP contribution in [0.1, 0.15) is 50.7 Å². The lowest BCUT2D eigenvalue weighted by Crippen LogP contribution is -2.39. The fourth-order valence-electron chi connectivity index (χ4n) is 2.39. The second-order valence-electron chi connectivity index (χ2n) is 6.11. The number of piperidine rings is 1. The van der Waals surface area contributed by atoms with Crippen LogP contribution in [0, 0.1) is 5.82 Å². The van der Waals surface area contributed by atoms with Crippen LogP contribution in [0.25, 0.3) is 0 Å². The zero-order chi connectivity index (χ0) is 15.1. The van der Waals surface area contributed by atoms with E-state index >= 15 is 0 Å². The van der Waals surface area contributed by atoms with Gasteiger partial charge in [0.2, 0.25) is 11.8 Å². The van der Waals surface area contributed by atoms with Crippen molar-refractivity contribution >= 4 is 23.4 Å². The van der Waals surface area contributed by atoms with Crippen LogP contribution in [0.3, 0.4) is 0 Å². The lowest BCUT2D eigenvalue weighted by atomic mass is 9.83. The van der Waals surface area contributed by atoms with Crippen LogP contribution >= 0.6 is 11.6 Å². The summed E-state index contributed by atoms with van der Waals surface area (Å²) >= 11 is 6.22. The van der Waals surface area contributed by atoms with Crippen molar-refractivity contribution in [1.29, 1.82) is 0 Å². The molecule has 0 saturated carbocycles. The molecule has 1 aliphatic rings. The minimum Gasteiger partial charge on any atom is -0.296 e. The van der Waals surface area contributed by atoms with E-state index in [-0.39, 0.29) is 23.3 Å².